The van der Waals surface area contributed by atoms with E-state index in [1.165, 1.54) is 0 Å². The van der Waals surface area contributed by atoms with E-state index in [0.29, 0.717) is 17.8 Å². The van der Waals surface area contributed by atoms with Gasteiger partial charge < -0.3 is 21.1 Å². The molecule has 0 radical (unpaired) electrons. The normalized spacial score (nSPS) is 13.1. The van der Waals surface area contributed by atoms with Gasteiger partial charge in [-0.3, -0.25) is 4.79 Å². The molecule has 25 heavy (non-hydrogen) atoms. The summed E-state index contributed by atoms with van der Waals surface area (Å²) in [6.07, 6.45) is -0.171. The molecular weight excluding hydrogens is 386 g/mol. The first kappa shape index (κ1) is 21.3. The molecule has 0 fully saturated rings. The minimum Gasteiger partial charge on any atom is -0.444 e. The molecule has 0 saturated carbocycles. The zero-order chi connectivity index (χ0) is 19.4. The van der Waals surface area contributed by atoms with Gasteiger partial charge in [-0.1, -0.05) is 36.7 Å². The van der Waals surface area contributed by atoms with E-state index in [0.717, 1.165) is 4.47 Å². The Bertz CT molecular complexity index is 633. The van der Waals surface area contributed by atoms with E-state index in [2.05, 4.69) is 26.6 Å². The maximum atomic E-state index is 12.7. The van der Waals surface area contributed by atoms with Gasteiger partial charge in [-0.05, 0) is 50.8 Å². The third kappa shape index (κ3) is 8.25. The third-order valence-corrected chi connectivity index (χ3v) is 3.59. The van der Waals surface area contributed by atoms with Crippen molar-refractivity contribution in [2.45, 2.75) is 59.6 Å². The maximum Gasteiger partial charge on any atom is 0.408 e. The molecule has 0 heterocycles. The smallest absolute Gasteiger partial charge is 0.408 e. The molecule has 1 aromatic rings. The number of carbonyl (C=O) groups excluding carboxylic acids is 2. The minimum atomic E-state index is -0.738. The number of amides is 2. The molecule has 0 aliphatic rings. The Morgan fingerprint density at radius 1 is 1.20 bits per heavy atom. The van der Waals surface area contributed by atoms with E-state index in [1.807, 2.05) is 20.8 Å². The Kier molecular flexibility index (Phi) is 6.88. The molecule has 1 atom stereocenters. The quantitative estimate of drug-likeness (QED) is 0.641. The van der Waals surface area contributed by atoms with Crippen molar-refractivity contribution >= 4 is 39.3 Å². The van der Waals surface area contributed by atoms with Crippen LogP contribution in [-0.4, -0.2) is 23.6 Å². The summed E-state index contributed by atoms with van der Waals surface area (Å²) in [5, 5.41) is 5.43. The van der Waals surface area contributed by atoms with Crippen LogP contribution in [0.5, 0.6) is 0 Å². The van der Waals surface area contributed by atoms with Gasteiger partial charge in [0.05, 0.1) is 11.4 Å². The fourth-order valence-corrected chi connectivity index (χ4v) is 2.52. The summed E-state index contributed by atoms with van der Waals surface area (Å²) in [5.41, 5.74) is 6.06. The zero-order valence-corrected chi connectivity index (χ0v) is 17.3. The second kappa shape index (κ2) is 8.08. The van der Waals surface area contributed by atoms with Crippen molar-refractivity contribution in [3.05, 3.63) is 22.7 Å². The molecule has 0 aromatic heterocycles. The van der Waals surface area contributed by atoms with Crippen LogP contribution in [0.4, 0.5) is 16.2 Å². The van der Waals surface area contributed by atoms with E-state index >= 15 is 0 Å². The third-order valence-electron chi connectivity index (χ3n) is 3.10. The number of nitrogens with one attached hydrogen (secondary N) is 2. The largest absolute Gasteiger partial charge is 0.444 e. The van der Waals surface area contributed by atoms with Crippen LogP contribution in [0.3, 0.4) is 0 Å². The average Bonchev–Trinajstić information content (AvgIpc) is 2.37. The number of rotatable bonds is 4. The first-order chi connectivity index (χ1) is 11.3. The minimum absolute atomic E-state index is 0.164. The predicted octanol–water partition coefficient (Wildman–Crippen LogP) is 4.30. The number of hydrogen-bond donors (Lipinski definition) is 3. The van der Waals surface area contributed by atoms with E-state index in [1.54, 1.807) is 39.0 Å². The number of hydrogen-bond acceptors (Lipinski definition) is 4. The number of alkyl carbamates (subject to hydrolysis) is 1. The topological polar surface area (TPSA) is 93.4 Å². The molecule has 4 N–H and O–H groups in total. The molecule has 6 nitrogen and oxygen atoms in total. The van der Waals surface area contributed by atoms with Crippen molar-refractivity contribution < 1.29 is 14.3 Å². The molecule has 1 rings (SSSR count). The van der Waals surface area contributed by atoms with E-state index in [9.17, 15) is 9.59 Å². The SMILES string of the molecule is CC(C)(C)CC(NC(=O)OC(C)(C)C)C(=O)Nc1ccc(Br)cc1N. The fourth-order valence-electron chi connectivity index (χ4n) is 2.14. The van der Waals surface area contributed by atoms with Crippen LogP contribution in [0.1, 0.15) is 48.0 Å². The number of nitrogen functional groups attached to an aromatic ring is 1. The Morgan fingerprint density at radius 2 is 1.80 bits per heavy atom. The average molecular weight is 414 g/mol. The monoisotopic (exact) mass is 413 g/mol. The Balaban J connectivity index is 2.90. The summed E-state index contributed by atoms with van der Waals surface area (Å²) in [7, 11) is 0. The first-order valence-corrected chi connectivity index (χ1v) is 8.91. The molecule has 0 saturated heterocycles. The molecule has 0 aliphatic heterocycles. The predicted molar refractivity (Wildman–Crippen MR) is 104 cm³/mol. The van der Waals surface area contributed by atoms with Gasteiger partial charge in [0.25, 0.3) is 0 Å². The second-order valence-corrected chi connectivity index (χ2v) is 9.10. The summed E-state index contributed by atoms with van der Waals surface area (Å²) in [6.45, 7) is 11.3. The number of ether oxygens (including phenoxy) is 1. The van der Waals surface area contributed by atoms with Crippen molar-refractivity contribution in [2.75, 3.05) is 11.1 Å². The van der Waals surface area contributed by atoms with Gasteiger partial charge in [0.15, 0.2) is 0 Å². The fraction of sp³-hybridized carbons (Fsp3) is 0.556. The van der Waals surface area contributed by atoms with Crippen molar-refractivity contribution in [1.29, 1.82) is 0 Å². The van der Waals surface area contributed by atoms with Crippen molar-refractivity contribution in [3.63, 3.8) is 0 Å². The van der Waals surface area contributed by atoms with Crippen LogP contribution in [0, 0.1) is 5.41 Å². The molecule has 1 unspecified atom stereocenters. The Hall–Kier alpha value is -1.76. The molecule has 0 spiro atoms. The number of benzene rings is 1. The van der Waals surface area contributed by atoms with E-state index in [-0.39, 0.29) is 11.3 Å². The van der Waals surface area contributed by atoms with E-state index < -0.39 is 17.7 Å². The highest BCUT2D eigenvalue weighted by molar-refractivity contribution is 9.10. The summed E-state index contributed by atoms with van der Waals surface area (Å²) in [5.74, 6) is -0.338. The van der Waals surface area contributed by atoms with Crippen molar-refractivity contribution in [1.82, 2.24) is 5.32 Å². The number of nitrogens with two attached hydrogens (primary N) is 1. The second-order valence-electron chi connectivity index (χ2n) is 8.18. The lowest BCUT2D eigenvalue weighted by Crippen LogP contribution is -2.47. The van der Waals surface area contributed by atoms with Gasteiger partial charge in [-0.15, -0.1) is 0 Å². The molecular formula is C18H28BrN3O3. The number of carbonyl (C=O) groups is 2. The van der Waals surface area contributed by atoms with Crippen LogP contribution in [0.2, 0.25) is 0 Å². The van der Waals surface area contributed by atoms with Crippen LogP contribution in [0.15, 0.2) is 22.7 Å². The van der Waals surface area contributed by atoms with Crippen LogP contribution < -0.4 is 16.4 Å². The standard InChI is InChI=1S/C18H28BrN3O3/c1-17(2,3)10-14(22-16(24)25-18(4,5)6)15(23)21-13-8-7-11(19)9-12(13)20/h7-9,14H,10,20H2,1-6H3,(H,21,23)(H,22,24). The van der Waals surface area contributed by atoms with Gasteiger partial charge in [0, 0.05) is 4.47 Å². The molecule has 7 heteroatoms. The first-order valence-electron chi connectivity index (χ1n) is 8.12. The Labute approximate surface area is 158 Å². The van der Waals surface area contributed by atoms with Gasteiger partial charge in [0.2, 0.25) is 5.91 Å². The summed E-state index contributed by atoms with van der Waals surface area (Å²) in [6, 6.07) is 4.46. The lowest BCUT2D eigenvalue weighted by molar-refractivity contribution is -0.118. The highest BCUT2D eigenvalue weighted by atomic mass is 79.9. The molecule has 2 amide bonds. The van der Waals surface area contributed by atoms with Crippen LogP contribution >= 0.6 is 15.9 Å². The highest BCUT2D eigenvalue weighted by Crippen LogP contribution is 2.25. The van der Waals surface area contributed by atoms with Crippen LogP contribution in [0.25, 0.3) is 0 Å². The zero-order valence-electron chi connectivity index (χ0n) is 15.7. The molecule has 140 valence electrons. The van der Waals surface area contributed by atoms with Crippen molar-refractivity contribution in [2.24, 2.45) is 5.41 Å². The lowest BCUT2D eigenvalue weighted by Gasteiger charge is -2.27. The summed E-state index contributed by atoms with van der Waals surface area (Å²) in [4.78, 5) is 24.8. The molecule has 1 aromatic carbocycles. The van der Waals surface area contributed by atoms with Crippen LogP contribution in [-0.2, 0) is 9.53 Å². The van der Waals surface area contributed by atoms with Gasteiger partial charge in [-0.25, -0.2) is 4.79 Å². The summed E-state index contributed by atoms with van der Waals surface area (Å²) >= 11 is 3.33. The Morgan fingerprint density at radius 3 is 2.28 bits per heavy atom. The summed E-state index contributed by atoms with van der Waals surface area (Å²) < 4.78 is 6.08. The number of halogens is 1. The molecule has 0 bridgehead atoms. The lowest BCUT2D eigenvalue weighted by atomic mass is 9.87. The molecule has 0 aliphatic carbocycles. The van der Waals surface area contributed by atoms with E-state index in [4.69, 9.17) is 10.5 Å². The maximum absolute atomic E-state index is 12.7. The highest BCUT2D eigenvalue weighted by Gasteiger charge is 2.28. The van der Waals surface area contributed by atoms with Crippen molar-refractivity contribution in [3.8, 4) is 0 Å². The number of anilines is 2. The van der Waals surface area contributed by atoms with Gasteiger partial charge in [-0.2, -0.15) is 0 Å². The van der Waals surface area contributed by atoms with Gasteiger partial charge in [0.1, 0.15) is 11.6 Å². The van der Waals surface area contributed by atoms with Gasteiger partial charge >= 0.3 is 6.09 Å².